The predicted molar refractivity (Wildman–Crippen MR) is 107 cm³/mol. The molecule has 0 heterocycles. The number of amides is 1. The zero-order valence-electron chi connectivity index (χ0n) is 14.8. The third-order valence-corrected chi connectivity index (χ3v) is 3.57. The summed E-state index contributed by atoms with van der Waals surface area (Å²) in [7, 11) is 1.67. The van der Waals surface area contributed by atoms with E-state index in [9.17, 15) is 9.18 Å². The first-order chi connectivity index (χ1) is 11.0. The van der Waals surface area contributed by atoms with Crippen molar-refractivity contribution in [2.75, 3.05) is 13.6 Å². The number of guanidine groups is 1. The highest BCUT2D eigenvalue weighted by Crippen LogP contribution is 2.08. The molecule has 0 saturated heterocycles. The van der Waals surface area contributed by atoms with Gasteiger partial charge in [0.25, 0.3) is 0 Å². The van der Waals surface area contributed by atoms with Gasteiger partial charge in [0.15, 0.2) is 5.96 Å². The second kappa shape index (κ2) is 12.0. The van der Waals surface area contributed by atoms with E-state index in [1.54, 1.807) is 26.1 Å². The van der Waals surface area contributed by atoms with Crippen LogP contribution in [0.5, 0.6) is 0 Å². The van der Waals surface area contributed by atoms with E-state index >= 15 is 0 Å². The van der Waals surface area contributed by atoms with Gasteiger partial charge in [-0.2, -0.15) is 0 Å². The Kier molecular flexibility index (Phi) is 11.4. The maximum atomic E-state index is 13.2. The molecule has 0 aromatic heterocycles. The molecule has 1 aromatic rings. The monoisotopic (exact) mass is 450 g/mol. The average molecular weight is 450 g/mol. The number of rotatable bonds is 7. The second-order valence-corrected chi connectivity index (χ2v) is 5.56. The first kappa shape index (κ1) is 22.6. The van der Waals surface area contributed by atoms with Gasteiger partial charge in [0.1, 0.15) is 5.82 Å². The number of aryl methyl sites for hydroxylation is 1. The molecule has 7 heteroatoms. The van der Waals surface area contributed by atoms with Crippen LogP contribution in [0.4, 0.5) is 4.39 Å². The number of benzene rings is 1. The van der Waals surface area contributed by atoms with E-state index in [-0.39, 0.29) is 41.7 Å². The lowest BCUT2D eigenvalue weighted by Gasteiger charge is -2.14. The number of carbonyl (C=O) groups is 1. The van der Waals surface area contributed by atoms with Gasteiger partial charge >= 0.3 is 0 Å². The number of halogens is 2. The van der Waals surface area contributed by atoms with Gasteiger partial charge in [0, 0.05) is 32.6 Å². The molecule has 0 fully saturated rings. The lowest BCUT2D eigenvalue weighted by atomic mass is 10.1. The second-order valence-electron chi connectivity index (χ2n) is 5.56. The molecule has 3 N–H and O–H groups in total. The maximum Gasteiger partial charge on any atom is 0.221 e. The topological polar surface area (TPSA) is 65.5 Å². The molecule has 0 radical (unpaired) electrons. The minimum absolute atomic E-state index is 0. The summed E-state index contributed by atoms with van der Waals surface area (Å²) in [5, 5.41) is 9.15. The molecule has 1 atom stereocenters. The van der Waals surface area contributed by atoms with Crippen LogP contribution in [0.2, 0.25) is 0 Å². The van der Waals surface area contributed by atoms with Crippen LogP contribution < -0.4 is 16.0 Å². The van der Waals surface area contributed by atoms with E-state index in [0.717, 1.165) is 12.0 Å². The molecular weight excluding hydrogens is 422 g/mol. The van der Waals surface area contributed by atoms with Crippen molar-refractivity contribution in [3.05, 3.63) is 35.1 Å². The number of hydrogen-bond donors (Lipinski definition) is 3. The van der Waals surface area contributed by atoms with Crippen molar-refractivity contribution in [3.8, 4) is 0 Å². The number of aliphatic imine (C=N–C) groups is 1. The van der Waals surface area contributed by atoms with Crippen molar-refractivity contribution < 1.29 is 9.18 Å². The third kappa shape index (κ3) is 8.47. The van der Waals surface area contributed by atoms with Gasteiger partial charge < -0.3 is 16.0 Å². The summed E-state index contributed by atoms with van der Waals surface area (Å²) >= 11 is 0. The van der Waals surface area contributed by atoms with Crippen molar-refractivity contribution in [1.82, 2.24) is 16.0 Å². The Labute approximate surface area is 160 Å². The molecule has 1 rings (SSSR count). The molecule has 0 spiro atoms. The summed E-state index contributed by atoms with van der Waals surface area (Å²) in [5.74, 6) is 0.434. The molecule has 24 heavy (non-hydrogen) atoms. The van der Waals surface area contributed by atoms with E-state index in [1.165, 1.54) is 6.07 Å². The summed E-state index contributed by atoms with van der Waals surface area (Å²) in [6.45, 7) is 6.80. The van der Waals surface area contributed by atoms with Gasteiger partial charge in [0.05, 0.1) is 0 Å². The van der Waals surface area contributed by atoms with E-state index in [2.05, 4.69) is 20.9 Å². The third-order valence-electron chi connectivity index (χ3n) is 3.57. The Morgan fingerprint density at radius 2 is 2.04 bits per heavy atom. The molecule has 0 saturated carbocycles. The number of nitrogens with one attached hydrogen (secondary N) is 3. The molecule has 136 valence electrons. The molecule has 1 unspecified atom stereocenters. The predicted octanol–water partition coefficient (Wildman–Crippen LogP) is 2.72. The van der Waals surface area contributed by atoms with Gasteiger partial charge in [-0.05, 0) is 37.5 Å². The van der Waals surface area contributed by atoms with Crippen LogP contribution in [-0.2, 0) is 11.3 Å². The van der Waals surface area contributed by atoms with Gasteiger partial charge in [-0.1, -0.05) is 19.1 Å². The van der Waals surface area contributed by atoms with Gasteiger partial charge in [-0.3, -0.25) is 9.79 Å². The zero-order valence-corrected chi connectivity index (χ0v) is 17.1. The van der Waals surface area contributed by atoms with E-state index in [4.69, 9.17) is 0 Å². The van der Waals surface area contributed by atoms with Crippen molar-refractivity contribution in [1.29, 1.82) is 0 Å². The molecule has 1 amide bonds. The van der Waals surface area contributed by atoms with Crippen molar-refractivity contribution in [3.63, 3.8) is 0 Å². The summed E-state index contributed by atoms with van der Waals surface area (Å²) < 4.78 is 13.2. The summed E-state index contributed by atoms with van der Waals surface area (Å²) in [6, 6.07) is 5.20. The van der Waals surface area contributed by atoms with E-state index in [1.807, 2.05) is 13.8 Å². The van der Waals surface area contributed by atoms with Crippen LogP contribution in [-0.4, -0.2) is 31.5 Å². The maximum absolute atomic E-state index is 13.2. The quantitative estimate of drug-likeness (QED) is 0.340. The van der Waals surface area contributed by atoms with Gasteiger partial charge in [-0.15, -0.1) is 24.0 Å². The minimum atomic E-state index is -0.205. The molecule has 5 nitrogen and oxygen atoms in total. The van der Waals surface area contributed by atoms with E-state index < -0.39 is 0 Å². The van der Waals surface area contributed by atoms with Crippen molar-refractivity contribution in [2.45, 2.75) is 46.2 Å². The lowest BCUT2D eigenvalue weighted by Crippen LogP contribution is -2.40. The fourth-order valence-corrected chi connectivity index (χ4v) is 1.97. The normalized spacial score (nSPS) is 12.1. The fraction of sp³-hybridized carbons (Fsp3) is 0.529. The molecule has 0 bridgehead atoms. The SMILES string of the molecule is CCC(C)NC(=O)CCNC(=NC)NCc1ccc(F)c(C)c1.I. The lowest BCUT2D eigenvalue weighted by molar-refractivity contribution is -0.121. The summed E-state index contributed by atoms with van der Waals surface area (Å²) in [4.78, 5) is 15.8. The molecule has 0 aliphatic heterocycles. The van der Waals surface area contributed by atoms with Crippen LogP contribution in [0, 0.1) is 12.7 Å². The largest absolute Gasteiger partial charge is 0.356 e. The molecule has 0 aliphatic rings. The fourth-order valence-electron chi connectivity index (χ4n) is 1.97. The van der Waals surface area contributed by atoms with Crippen LogP contribution in [0.1, 0.15) is 37.8 Å². The minimum Gasteiger partial charge on any atom is -0.356 e. The summed E-state index contributed by atoms with van der Waals surface area (Å²) in [6.07, 6.45) is 1.31. The van der Waals surface area contributed by atoms with Gasteiger partial charge in [0.2, 0.25) is 5.91 Å². The Hall–Kier alpha value is -1.38. The Morgan fingerprint density at radius 1 is 1.33 bits per heavy atom. The average Bonchev–Trinajstić information content (AvgIpc) is 2.53. The Morgan fingerprint density at radius 3 is 2.62 bits per heavy atom. The zero-order chi connectivity index (χ0) is 17.2. The van der Waals surface area contributed by atoms with E-state index in [0.29, 0.717) is 31.0 Å². The van der Waals surface area contributed by atoms with Crippen LogP contribution in [0.25, 0.3) is 0 Å². The highest BCUT2D eigenvalue weighted by atomic mass is 127. The highest BCUT2D eigenvalue weighted by molar-refractivity contribution is 14.0. The van der Waals surface area contributed by atoms with Crippen LogP contribution >= 0.6 is 24.0 Å². The smallest absolute Gasteiger partial charge is 0.221 e. The number of nitrogens with zero attached hydrogens (tertiary/aromatic N) is 1. The van der Waals surface area contributed by atoms with Crippen molar-refractivity contribution in [2.24, 2.45) is 4.99 Å². The Balaban J connectivity index is 0.00000529. The van der Waals surface area contributed by atoms with Crippen LogP contribution in [0.3, 0.4) is 0 Å². The number of carbonyl (C=O) groups excluding carboxylic acids is 1. The standard InChI is InChI=1S/C17H27FN4O.HI/c1-5-13(3)22-16(23)8-9-20-17(19-4)21-11-14-6-7-15(18)12(2)10-14;/h6-7,10,13H,5,8-9,11H2,1-4H3,(H,22,23)(H2,19,20,21);1H. The summed E-state index contributed by atoms with van der Waals surface area (Å²) in [5.41, 5.74) is 1.59. The first-order valence-corrected chi connectivity index (χ1v) is 7.95. The Bertz CT molecular complexity index is 551. The van der Waals surface area contributed by atoms with Gasteiger partial charge in [-0.25, -0.2) is 4.39 Å². The number of hydrogen-bond acceptors (Lipinski definition) is 2. The highest BCUT2D eigenvalue weighted by Gasteiger charge is 2.06. The molecular formula is C17H28FIN4O. The van der Waals surface area contributed by atoms with Crippen molar-refractivity contribution >= 4 is 35.8 Å². The molecule has 0 aliphatic carbocycles. The van der Waals surface area contributed by atoms with Crippen LogP contribution in [0.15, 0.2) is 23.2 Å². The molecule has 1 aromatic carbocycles. The first-order valence-electron chi connectivity index (χ1n) is 7.95.